The van der Waals surface area contributed by atoms with E-state index in [9.17, 15) is 0 Å². The topological polar surface area (TPSA) is 28.2 Å². The zero-order chi connectivity index (χ0) is 12.1. The Morgan fingerprint density at radius 3 is 2.56 bits per heavy atom. The van der Waals surface area contributed by atoms with Crippen LogP contribution in [0, 0.1) is 5.92 Å². The Labute approximate surface area is 98.9 Å². The van der Waals surface area contributed by atoms with Crippen LogP contribution in [0.1, 0.15) is 27.7 Å². The van der Waals surface area contributed by atoms with Gasteiger partial charge >= 0.3 is 0 Å². The highest BCUT2D eigenvalue weighted by atomic mass is 15.2. The fourth-order valence-corrected chi connectivity index (χ4v) is 1.56. The normalized spacial score (nSPS) is 12.6. The average Bonchev–Trinajstić information content (AvgIpc) is 2.28. The van der Waals surface area contributed by atoms with Crippen LogP contribution in [0.2, 0.25) is 0 Å². The van der Waals surface area contributed by atoms with E-state index in [-0.39, 0.29) is 0 Å². The molecule has 1 aromatic heterocycles. The maximum Gasteiger partial charge on any atom is 0.130 e. The van der Waals surface area contributed by atoms with Gasteiger partial charge in [0.25, 0.3) is 0 Å². The Morgan fingerprint density at radius 2 is 2.00 bits per heavy atom. The van der Waals surface area contributed by atoms with E-state index >= 15 is 0 Å². The minimum absolute atomic E-state index is 0.490. The van der Waals surface area contributed by atoms with Gasteiger partial charge in [0.05, 0.1) is 0 Å². The summed E-state index contributed by atoms with van der Waals surface area (Å²) in [5, 5.41) is 3.23. The smallest absolute Gasteiger partial charge is 0.130 e. The molecule has 0 bridgehead atoms. The largest absolute Gasteiger partial charge is 0.370 e. The van der Waals surface area contributed by atoms with Crippen molar-refractivity contribution in [3.63, 3.8) is 0 Å². The van der Waals surface area contributed by atoms with Gasteiger partial charge in [-0.3, -0.25) is 0 Å². The summed E-state index contributed by atoms with van der Waals surface area (Å²) in [6.07, 6.45) is 0. The van der Waals surface area contributed by atoms with Crippen LogP contribution < -0.4 is 10.2 Å². The van der Waals surface area contributed by atoms with E-state index in [1.54, 1.807) is 0 Å². The van der Waals surface area contributed by atoms with Crippen LogP contribution in [0.15, 0.2) is 18.2 Å². The molecule has 0 radical (unpaired) electrons. The van der Waals surface area contributed by atoms with E-state index in [1.807, 2.05) is 12.1 Å². The Balaban J connectivity index is 2.82. The quantitative estimate of drug-likeness (QED) is 0.828. The minimum atomic E-state index is 0.490. The van der Waals surface area contributed by atoms with E-state index in [4.69, 9.17) is 0 Å². The molecule has 0 aliphatic rings. The van der Waals surface area contributed by atoms with Gasteiger partial charge in [0.2, 0.25) is 0 Å². The van der Waals surface area contributed by atoms with Crippen molar-refractivity contribution in [3.05, 3.63) is 18.2 Å². The number of pyridine rings is 1. The minimum Gasteiger partial charge on any atom is -0.370 e. The molecule has 1 N–H and O–H groups in total. The Kier molecular flexibility index (Phi) is 4.59. The highest BCUT2D eigenvalue weighted by molar-refractivity contribution is 5.47. The first-order valence-electron chi connectivity index (χ1n) is 6.00. The molecule has 0 saturated heterocycles. The fraction of sp³-hybridized carbons (Fsp3) is 0.615. The maximum atomic E-state index is 4.58. The molecule has 1 rings (SSSR count). The number of hydrogen-bond donors (Lipinski definition) is 1. The zero-order valence-corrected chi connectivity index (χ0v) is 11.0. The second-order valence-corrected chi connectivity index (χ2v) is 4.51. The first-order valence-corrected chi connectivity index (χ1v) is 6.00. The highest BCUT2D eigenvalue weighted by Gasteiger charge is 2.14. The molecule has 1 heterocycles. The molecule has 0 aliphatic carbocycles. The predicted molar refractivity (Wildman–Crippen MR) is 71.1 cm³/mol. The monoisotopic (exact) mass is 221 g/mol. The molecule has 0 amide bonds. The molecule has 90 valence electrons. The van der Waals surface area contributed by atoms with E-state index in [0.29, 0.717) is 12.0 Å². The van der Waals surface area contributed by atoms with Crippen molar-refractivity contribution in [2.45, 2.75) is 33.7 Å². The molecule has 1 unspecified atom stereocenters. The third-order valence-corrected chi connectivity index (χ3v) is 3.03. The second kappa shape index (κ2) is 5.73. The number of nitrogens with zero attached hydrogens (tertiary/aromatic N) is 2. The fourth-order valence-electron chi connectivity index (χ4n) is 1.56. The molecule has 0 saturated carbocycles. The summed E-state index contributed by atoms with van der Waals surface area (Å²) in [5.41, 5.74) is 0. The van der Waals surface area contributed by atoms with Crippen LogP contribution in [-0.4, -0.2) is 24.6 Å². The lowest BCUT2D eigenvalue weighted by Crippen LogP contribution is -2.33. The first-order chi connectivity index (χ1) is 7.56. The molecular weight excluding hydrogens is 198 g/mol. The van der Waals surface area contributed by atoms with E-state index in [2.05, 4.69) is 56.0 Å². The van der Waals surface area contributed by atoms with Gasteiger partial charge < -0.3 is 10.2 Å². The van der Waals surface area contributed by atoms with Crippen molar-refractivity contribution >= 4 is 11.6 Å². The lowest BCUT2D eigenvalue weighted by Gasteiger charge is -2.29. The highest BCUT2D eigenvalue weighted by Crippen LogP contribution is 2.18. The zero-order valence-electron chi connectivity index (χ0n) is 11.0. The maximum absolute atomic E-state index is 4.58. The molecule has 0 aliphatic heterocycles. The molecule has 16 heavy (non-hydrogen) atoms. The third-order valence-electron chi connectivity index (χ3n) is 3.03. The van der Waals surface area contributed by atoms with Gasteiger partial charge in [0.1, 0.15) is 11.6 Å². The van der Waals surface area contributed by atoms with Crippen molar-refractivity contribution < 1.29 is 0 Å². The van der Waals surface area contributed by atoms with Gasteiger partial charge in [-0.25, -0.2) is 4.98 Å². The van der Waals surface area contributed by atoms with Gasteiger partial charge in [-0.2, -0.15) is 0 Å². The molecule has 0 fully saturated rings. The molecular formula is C13H23N3. The van der Waals surface area contributed by atoms with Crippen LogP contribution in [0.5, 0.6) is 0 Å². The van der Waals surface area contributed by atoms with Gasteiger partial charge in [-0.15, -0.1) is 0 Å². The summed E-state index contributed by atoms with van der Waals surface area (Å²) in [7, 11) is 2.10. The van der Waals surface area contributed by atoms with Crippen LogP contribution in [0.4, 0.5) is 11.6 Å². The third kappa shape index (κ3) is 3.12. The van der Waals surface area contributed by atoms with Crippen molar-refractivity contribution in [1.82, 2.24) is 4.98 Å². The van der Waals surface area contributed by atoms with E-state index < -0.39 is 0 Å². The summed E-state index contributed by atoms with van der Waals surface area (Å²) in [5.74, 6) is 2.59. The van der Waals surface area contributed by atoms with Crippen molar-refractivity contribution in [2.75, 3.05) is 23.8 Å². The lowest BCUT2D eigenvalue weighted by atomic mass is 10.1. The lowest BCUT2D eigenvalue weighted by molar-refractivity contribution is 0.503. The number of rotatable bonds is 5. The molecule has 1 aromatic rings. The number of anilines is 2. The number of aromatic nitrogens is 1. The SMILES string of the molecule is CCNc1cccc(N(C)C(C)C(C)C)n1. The van der Waals surface area contributed by atoms with Crippen molar-refractivity contribution in [1.29, 1.82) is 0 Å². The summed E-state index contributed by atoms with van der Waals surface area (Å²) < 4.78 is 0. The number of nitrogens with one attached hydrogen (secondary N) is 1. The molecule has 3 nitrogen and oxygen atoms in total. The summed E-state index contributed by atoms with van der Waals surface area (Å²) >= 11 is 0. The summed E-state index contributed by atoms with van der Waals surface area (Å²) in [4.78, 5) is 6.81. The summed E-state index contributed by atoms with van der Waals surface area (Å²) in [6.45, 7) is 9.67. The van der Waals surface area contributed by atoms with Gasteiger partial charge in [0, 0.05) is 19.6 Å². The van der Waals surface area contributed by atoms with Crippen LogP contribution in [0.25, 0.3) is 0 Å². The predicted octanol–water partition coefficient (Wildman–Crippen LogP) is 2.99. The van der Waals surface area contributed by atoms with Gasteiger partial charge in [0.15, 0.2) is 0 Å². The Morgan fingerprint density at radius 1 is 1.31 bits per heavy atom. The molecule has 0 spiro atoms. The number of hydrogen-bond acceptors (Lipinski definition) is 3. The second-order valence-electron chi connectivity index (χ2n) is 4.51. The van der Waals surface area contributed by atoms with Crippen LogP contribution in [0.3, 0.4) is 0 Å². The Bertz CT molecular complexity index is 323. The Hall–Kier alpha value is -1.25. The van der Waals surface area contributed by atoms with E-state index in [1.165, 1.54) is 0 Å². The van der Waals surface area contributed by atoms with E-state index in [0.717, 1.165) is 18.2 Å². The first kappa shape index (κ1) is 12.8. The van der Waals surface area contributed by atoms with Crippen molar-refractivity contribution in [2.24, 2.45) is 5.92 Å². The van der Waals surface area contributed by atoms with Crippen molar-refractivity contribution in [3.8, 4) is 0 Å². The standard InChI is InChI=1S/C13H23N3/c1-6-14-12-8-7-9-13(15-12)16(5)11(4)10(2)3/h7-11H,6H2,1-5H3,(H,14,15). The van der Waals surface area contributed by atoms with Gasteiger partial charge in [-0.1, -0.05) is 19.9 Å². The van der Waals surface area contributed by atoms with Gasteiger partial charge in [-0.05, 0) is 31.9 Å². The molecule has 0 aromatic carbocycles. The summed E-state index contributed by atoms with van der Waals surface area (Å²) in [6, 6.07) is 6.59. The van der Waals surface area contributed by atoms with Crippen LogP contribution >= 0.6 is 0 Å². The average molecular weight is 221 g/mol. The van der Waals surface area contributed by atoms with Crippen LogP contribution in [-0.2, 0) is 0 Å². The molecule has 3 heteroatoms. The molecule has 1 atom stereocenters.